The van der Waals surface area contributed by atoms with Gasteiger partial charge < -0.3 is 15.9 Å². The highest BCUT2D eigenvalue weighted by molar-refractivity contribution is 6.13. The van der Waals surface area contributed by atoms with Crippen molar-refractivity contribution < 1.29 is 24.7 Å². The molecule has 1 unspecified atom stereocenters. The standard InChI is InChI=1S/C16H14N2O6/c17-11(16(21)22)8-10-6-7-12(19)14(18(23)24)13(10)15(20)9-4-2-1-3-5-9/h1-7,11,19H,8,17H2,(H,21,22). The van der Waals surface area contributed by atoms with Crippen molar-refractivity contribution in [2.45, 2.75) is 12.5 Å². The number of carboxylic acids is 1. The molecular formula is C16H14N2O6. The lowest BCUT2D eigenvalue weighted by Crippen LogP contribution is -2.33. The molecule has 1 atom stereocenters. The van der Waals surface area contributed by atoms with E-state index in [0.717, 1.165) is 6.07 Å². The van der Waals surface area contributed by atoms with E-state index in [-0.39, 0.29) is 23.1 Å². The molecule has 0 aliphatic heterocycles. The molecule has 0 aromatic heterocycles. The minimum absolute atomic E-state index is 0.0863. The number of nitrogens with two attached hydrogens (primary N) is 1. The summed E-state index contributed by atoms with van der Waals surface area (Å²) in [6.07, 6.45) is -0.287. The predicted molar refractivity (Wildman–Crippen MR) is 84.0 cm³/mol. The zero-order valence-electron chi connectivity index (χ0n) is 12.4. The van der Waals surface area contributed by atoms with Gasteiger partial charge in [0.2, 0.25) is 0 Å². The summed E-state index contributed by atoms with van der Waals surface area (Å²) >= 11 is 0. The molecule has 24 heavy (non-hydrogen) atoms. The van der Waals surface area contributed by atoms with Crippen LogP contribution in [-0.4, -0.2) is 32.9 Å². The second-order valence-corrected chi connectivity index (χ2v) is 5.07. The molecule has 0 heterocycles. The summed E-state index contributed by atoms with van der Waals surface area (Å²) in [5, 5.41) is 30.0. The molecule has 0 saturated carbocycles. The molecule has 2 aromatic rings. The van der Waals surface area contributed by atoms with Gasteiger partial charge in [-0.25, -0.2) is 0 Å². The largest absolute Gasteiger partial charge is 0.502 e. The quantitative estimate of drug-likeness (QED) is 0.413. The lowest BCUT2D eigenvalue weighted by molar-refractivity contribution is -0.386. The first-order valence-corrected chi connectivity index (χ1v) is 6.90. The maximum atomic E-state index is 12.7. The molecule has 2 rings (SSSR count). The van der Waals surface area contributed by atoms with E-state index in [2.05, 4.69) is 0 Å². The van der Waals surface area contributed by atoms with Gasteiger partial charge in [-0.1, -0.05) is 36.4 Å². The number of benzene rings is 2. The maximum Gasteiger partial charge on any atom is 0.322 e. The summed E-state index contributed by atoms with van der Waals surface area (Å²) in [6.45, 7) is 0. The number of rotatable bonds is 6. The topological polar surface area (TPSA) is 144 Å². The number of nitrogens with zero attached hydrogens (tertiary/aromatic N) is 1. The predicted octanol–water partition coefficient (Wildman–Crippen LogP) is 1.49. The van der Waals surface area contributed by atoms with Crippen molar-refractivity contribution in [2.75, 3.05) is 0 Å². The van der Waals surface area contributed by atoms with E-state index in [1.165, 1.54) is 18.2 Å². The first kappa shape index (κ1) is 17.1. The number of nitro benzene ring substituents is 1. The van der Waals surface area contributed by atoms with E-state index in [1.807, 2.05) is 0 Å². The number of hydrogen-bond acceptors (Lipinski definition) is 6. The number of aromatic hydroxyl groups is 1. The van der Waals surface area contributed by atoms with E-state index >= 15 is 0 Å². The van der Waals surface area contributed by atoms with Gasteiger partial charge in [0.25, 0.3) is 0 Å². The van der Waals surface area contributed by atoms with Crippen LogP contribution in [0.2, 0.25) is 0 Å². The van der Waals surface area contributed by atoms with Crippen molar-refractivity contribution in [3.05, 3.63) is 69.3 Å². The number of carbonyl (C=O) groups is 2. The Morgan fingerprint density at radius 1 is 1.17 bits per heavy atom. The molecule has 0 amide bonds. The van der Waals surface area contributed by atoms with Crippen LogP contribution in [0, 0.1) is 10.1 Å². The van der Waals surface area contributed by atoms with E-state index in [9.17, 15) is 24.8 Å². The van der Waals surface area contributed by atoms with Crippen molar-refractivity contribution in [2.24, 2.45) is 5.73 Å². The van der Waals surface area contributed by atoms with Crippen LogP contribution < -0.4 is 5.73 Å². The first-order chi connectivity index (χ1) is 11.3. The first-order valence-electron chi connectivity index (χ1n) is 6.90. The van der Waals surface area contributed by atoms with Crippen LogP contribution in [0.15, 0.2) is 42.5 Å². The third-order valence-corrected chi connectivity index (χ3v) is 3.45. The minimum Gasteiger partial charge on any atom is -0.502 e. The zero-order chi connectivity index (χ0) is 17.9. The van der Waals surface area contributed by atoms with Crippen molar-refractivity contribution >= 4 is 17.4 Å². The highest BCUT2D eigenvalue weighted by Gasteiger charge is 2.30. The molecule has 0 aliphatic carbocycles. The van der Waals surface area contributed by atoms with Crippen LogP contribution in [-0.2, 0) is 11.2 Å². The van der Waals surface area contributed by atoms with Gasteiger partial charge in [0.15, 0.2) is 11.5 Å². The summed E-state index contributed by atoms with van der Waals surface area (Å²) in [5.41, 5.74) is 4.62. The monoisotopic (exact) mass is 330 g/mol. The van der Waals surface area contributed by atoms with Gasteiger partial charge in [-0.2, -0.15) is 0 Å². The average molecular weight is 330 g/mol. The van der Waals surface area contributed by atoms with Gasteiger partial charge in [-0.05, 0) is 18.1 Å². The molecule has 8 nitrogen and oxygen atoms in total. The van der Waals surface area contributed by atoms with Crippen molar-refractivity contribution in [1.82, 2.24) is 0 Å². The number of carboxylic acid groups (broad SMARTS) is 1. The molecule has 0 saturated heterocycles. The number of aliphatic carboxylic acids is 1. The second kappa shape index (κ2) is 6.88. The van der Waals surface area contributed by atoms with Gasteiger partial charge >= 0.3 is 11.7 Å². The van der Waals surface area contributed by atoms with Crippen molar-refractivity contribution in [1.29, 1.82) is 0 Å². The van der Waals surface area contributed by atoms with Crippen molar-refractivity contribution in [3.63, 3.8) is 0 Å². The van der Waals surface area contributed by atoms with E-state index in [4.69, 9.17) is 10.8 Å². The number of carbonyl (C=O) groups excluding carboxylic acids is 1. The molecule has 124 valence electrons. The molecule has 4 N–H and O–H groups in total. The fraction of sp³-hybridized carbons (Fsp3) is 0.125. The Morgan fingerprint density at radius 3 is 2.33 bits per heavy atom. The Labute approximate surface area is 136 Å². The normalized spacial score (nSPS) is 11.7. The van der Waals surface area contributed by atoms with E-state index in [0.29, 0.717) is 0 Å². The van der Waals surface area contributed by atoms with E-state index < -0.39 is 34.2 Å². The molecule has 0 aliphatic rings. The fourth-order valence-electron chi connectivity index (χ4n) is 2.29. The number of ketones is 1. The van der Waals surface area contributed by atoms with Crippen LogP contribution in [0.4, 0.5) is 5.69 Å². The Kier molecular flexibility index (Phi) is 4.90. The molecule has 0 fully saturated rings. The number of phenolic OH excluding ortho intramolecular Hbond substituents is 1. The van der Waals surface area contributed by atoms with Crippen LogP contribution >= 0.6 is 0 Å². The Hall–Kier alpha value is -3.26. The molecule has 0 spiro atoms. The summed E-state index contributed by atoms with van der Waals surface area (Å²) in [7, 11) is 0. The molecular weight excluding hydrogens is 316 g/mol. The zero-order valence-corrected chi connectivity index (χ0v) is 12.4. The van der Waals surface area contributed by atoms with Crippen LogP contribution in [0.3, 0.4) is 0 Å². The number of hydrogen-bond donors (Lipinski definition) is 3. The third kappa shape index (κ3) is 3.39. The maximum absolute atomic E-state index is 12.7. The van der Waals surface area contributed by atoms with Gasteiger partial charge in [-0.3, -0.25) is 19.7 Å². The summed E-state index contributed by atoms with van der Waals surface area (Å²) in [5.74, 6) is -2.67. The van der Waals surface area contributed by atoms with E-state index in [1.54, 1.807) is 18.2 Å². The molecule has 8 heteroatoms. The Bertz CT molecular complexity index is 804. The van der Waals surface area contributed by atoms with Gasteiger partial charge in [0.05, 0.1) is 4.92 Å². The molecule has 2 aromatic carbocycles. The van der Waals surface area contributed by atoms with Crippen LogP contribution in [0.1, 0.15) is 21.5 Å². The third-order valence-electron chi connectivity index (χ3n) is 3.45. The SMILES string of the molecule is NC(Cc1ccc(O)c([N+](=O)[O-])c1C(=O)c1ccccc1)C(=O)O. The lowest BCUT2D eigenvalue weighted by atomic mass is 9.92. The summed E-state index contributed by atoms with van der Waals surface area (Å²) in [6, 6.07) is 8.76. The van der Waals surface area contributed by atoms with Crippen LogP contribution in [0.25, 0.3) is 0 Å². The highest BCUT2D eigenvalue weighted by Crippen LogP contribution is 2.34. The van der Waals surface area contributed by atoms with Gasteiger partial charge in [0.1, 0.15) is 11.6 Å². The van der Waals surface area contributed by atoms with Gasteiger partial charge in [0, 0.05) is 5.56 Å². The Morgan fingerprint density at radius 2 is 1.79 bits per heavy atom. The minimum atomic E-state index is -1.34. The molecule has 0 radical (unpaired) electrons. The van der Waals surface area contributed by atoms with Crippen molar-refractivity contribution in [3.8, 4) is 5.75 Å². The summed E-state index contributed by atoms with van der Waals surface area (Å²) < 4.78 is 0. The Balaban J connectivity index is 2.64. The number of phenols is 1. The fourth-order valence-corrected chi connectivity index (χ4v) is 2.29. The average Bonchev–Trinajstić information content (AvgIpc) is 2.55. The number of nitro groups is 1. The molecule has 0 bridgehead atoms. The highest BCUT2D eigenvalue weighted by atomic mass is 16.6. The summed E-state index contributed by atoms with van der Waals surface area (Å²) in [4.78, 5) is 34.1. The second-order valence-electron chi connectivity index (χ2n) is 5.07. The smallest absolute Gasteiger partial charge is 0.322 e. The van der Waals surface area contributed by atoms with Crippen LogP contribution in [0.5, 0.6) is 5.75 Å². The van der Waals surface area contributed by atoms with Gasteiger partial charge in [-0.15, -0.1) is 0 Å². The lowest BCUT2D eigenvalue weighted by Gasteiger charge is -2.12.